The molecule has 0 fully saturated rings. The van der Waals surface area contributed by atoms with Crippen LogP contribution in [-0.4, -0.2) is 87.6 Å². The molecule has 1 aromatic heterocycles. The Hall–Kier alpha value is 0.516. The minimum atomic E-state index is -0.530. The summed E-state index contributed by atoms with van der Waals surface area (Å²) in [6.07, 6.45) is 0.841. The van der Waals surface area contributed by atoms with Crippen molar-refractivity contribution in [3.8, 4) is 0 Å². The molecule has 114 valence electrons. The Balaban J connectivity index is 0.00000400. The molecule has 9 heteroatoms. The molecule has 21 heavy (non-hydrogen) atoms. The van der Waals surface area contributed by atoms with Crippen molar-refractivity contribution >= 4 is 75.8 Å². The number of nitro groups is 1. The third-order valence-electron chi connectivity index (χ3n) is 2.21. The molecule has 0 aliphatic carbocycles. The number of rotatable bonds is 9. The van der Waals surface area contributed by atoms with E-state index in [0.29, 0.717) is 6.54 Å². The molecule has 0 aromatic carbocycles. The predicted octanol–water partition coefficient (Wildman–Crippen LogP) is 1.52. The molecule has 0 amide bonds. The summed E-state index contributed by atoms with van der Waals surface area (Å²) in [7, 11) is 3.99. The molecule has 6 nitrogen and oxygen atoms in total. The van der Waals surface area contributed by atoms with Gasteiger partial charge in [-0.15, -0.1) is 12.6 Å². The molecule has 1 heterocycles. The normalized spacial score (nSPS) is 11.3. The molecule has 0 aliphatic rings. The van der Waals surface area contributed by atoms with Crippen molar-refractivity contribution in [3.63, 3.8) is 0 Å². The Morgan fingerprint density at radius 2 is 2.19 bits per heavy atom. The van der Waals surface area contributed by atoms with Gasteiger partial charge < -0.3 is 14.6 Å². The van der Waals surface area contributed by atoms with Crippen molar-refractivity contribution in [3.05, 3.63) is 45.0 Å². The molecule has 1 rings (SSSR count). The number of nitrogens with one attached hydrogen (secondary N) is 1. The van der Waals surface area contributed by atoms with Gasteiger partial charge in [0.1, 0.15) is 16.5 Å². The quantitative estimate of drug-likeness (QED) is 0.230. The van der Waals surface area contributed by atoms with E-state index >= 15 is 0 Å². The van der Waals surface area contributed by atoms with Crippen molar-refractivity contribution in [2.75, 3.05) is 26.4 Å². The molecule has 1 N–H and O–H groups in total. The van der Waals surface area contributed by atoms with E-state index in [-0.39, 0.29) is 56.4 Å². The molecule has 0 aliphatic heterocycles. The number of nitrogens with zero attached hydrogens (tertiary/aromatic N) is 2. The predicted molar refractivity (Wildman–Crippen MR) is 91.5 cm³/mol. The van der Waals surface area contributed by atoms with Gasteiger partial charge in [0.05, 0.1) is 17.2 Å². The second-order valence-electron chi connectivity index (χ2n) is 4.38. The number of hydrogen-bond donors (Lipinski definition) is 2. The summed E-state index contributed by atoms with van der Waals surface area (Å²) in [5.74, 6) is 3.50. The van der Waals surface area contributed by atoms with Crippen LogP contribution in [0.15, 0.2) is 27.8 Å². The van der Waals surface area contributed by atoms with Crippen LogP contribution in [0.25, 0.3) is 0 Å². The Bertz CT molecular complexity index is 466. The van der Waals surface area contributed by atoms with Crippen molar-refractivity contribution < 1.29 is 9.34 Å². The summed E-state index contributed by atoms with van der Waals surface area (Å²) in [5.41, 5.74) is 0. The summed E-state index contributed by atoms with van der Waals surface area (Å²) >= 11 is 5.65. The third-order valence-corrected chi connectivity index (χ3v) is 3.47. The van der Waals surface area contributed by atoms with Gasteiger partial charge in [-0.1, -0.05) is 0 Å². The standard InChI is InChI=1S/C12H19N3O3S2.K.H/c1-14(2)7-10-3-4-11(18-10)9-20-6-5-13-12(19)8-15(16)17;;/h3-4,8,13,19H,5-7,9H2,1-2H3;;. The van der Waals surface area contributed by atoms with Crippen LogP contribution < -0.4 is 5.32 Å². The molecule has 0 saturated heterocycles. The average Bonchev–Trinajstić information content (AvgIpc) is 2.74. The average molecular weight is 358 g/mol. The van der Waals surface area contributed by atoms with Crippen molar-refractivity contribution in [1.82, 2.24) is 10.2 Å². The fraction of sp³-hybridized carbons (Fsp3) is 0.500. The van der Waals surface area contributed by atoms with Gasteiger partial charge in [-0.25, -0.2) is 0 Å². The molecule has 0 bridgehead atoms. The first-order chi connectivity index (χ1) is 9.47. The van der Waals surface area contributed by atoms with Crippen molar-refractivity contribution in [1.29, 1.82) is 0 Å². The van der Waals surface area contributed by atoms with Gasteiger partial charge in [-0.05, 0) is 26.2 Å². The van der Waals surface area contributed by atoms with Crippen LogP contribution in [0.3, 0.4) is 0 Å². The summed E-state index contributed by atoms with van der Waals surface area (Å²) in [6.45, 7) is 1.42. The van der Waals surface area contributed by atoms with Crippen LogP contribution in [0, 0.1) is 10.1 Å². The van der Waals surface area contributed by atoms with E-state index in [1.807, 2.05) is 26.2 Å². The monoisotopic (exact) mass is 357 g/mol. The fourth-order valence-electron chi connectivity index (χ4n) is 1.47. The topological polar surface area (TPSA) is 71.5 Å². The molecule has 0 saturated carbocycles. The Kier molecular flexibility index (Phi) is 12.3. The van der Waals surface area contributed by atoms with Gasteiger partial charge in [0.15, 0.2) is 0 Å². The van der Waals surface area contributed by atoms with Crippen LogP contribution in [-0.2, 0) is 12.3 Å². The molecular formula is C12H20KN3O3S2. The van der Waals surface area contributed by atoms with Crippen molar-refractivity contribution in [2.24, 2.45) is 0 Å². The first-order valence-corrected chi connectivity index (χ1v) is 7.66. The molecule has 0 unspecified atom stereocenters. The number of thioether (sulfide) groups is 1. The summed E-state index contributed by atoms with van der Waals surface area (Å²) < 4.78 is 5.68. The second-order valence-corrected chi connectivity index (χ2v) is 5.97. The molecule has 0 spiro atoms. The maximum absolute atomic E-state index is 10.2. The van der Waals surface area contributed by atoms with E-state index in [4.69, 9.17) is 4.42 Å². The minimum absolute atomic E-state index is 0. The number of hydrogen-bond acceptors (Lipinski definition) is 7. The van der Waals surface area contributed by atoms with E-state index in [1.165, 1.54) is 0 Å². The summed E-state index contributed by atoms with van der Waals surface area (Å²) in [6, 6.07) is 3.97. The van der Waals surface area contributed by atoms with Gasteiger partial charge in [-0.2, -0.15) is 11.8 Å². The van der Waals surface area contributed by atoms with Gasteiger partial charge >= 0.3 is 51.4 Å². The van der Waals surface area contributed by atoms with Gasteiger partial charge in [0.25, 0.3) is 6.20 Å². The Morgan fingerprint density at radius 1 is 1.52 bits per heavy atom. The van der Waals surface area contributed by atoms with Crippen LogP contribution >= 0.6 is 24.4 Å². The summed E-state index contributed by atoms with van der Waals surface area (Å²) in [5, 5.41) is 13.3. The van der Waals surface area contributed by atoms with Crippen LogP contribution in [0.5, 0.6) is 0 Å². The molecule has 1 aromatic rings. The van der Waals surface area contributed by atoms with E-state index < -0.39 is 4.92 Å². The van der Waals surface area contributed by atoms with Crippen LogP contribution in [0.4, 0.5) is 0 Å². The van der Waals surface area contributed by atoms with Crippen molar-refractivity contribution in [2.45, 2.75) is 12.3 Å². The third kappa shape index (κ3) is 10.8. The van der Waals surface area contributed by atoms with E-state index in [2.05, 4.69) is 22.8 Å². The Morgan fingerprint density at radius 3 is 2.81 bits per heavy atom. The van der Waals surface area contributed by atoms with Gasteiger partial charge in [0.2, 0.25) is 0 Å². The number of thiol groups is 1. The number of furan rings is 1. The van der Waals surface area contributed by atoms with E-state index in [0.717, 1.165) is 35.8 Å². The van der Waals surface area contributed by atoms with Gasteiger partial charge in [-0.3, -0.25) is 10.1 Å². The Labute approximate surface area is 177 Å². The first kappa shape index (κ1) is 21.5. The van der Waals surface area contributed by atoms with Gasteiger partial charge in [0, 0.05) is 12.3 Å². The maximum atomic E-state index is 10.2. The zero-order valence-corrected chi connectivity index (χ0v) is 13.2. The second kappa shape index (κ2) is 12.0. The molecule has 0 radical (unpaired) electrons. The SMILES string of the molecule is CN(C)Cc1ccc(CSCCNC(S)=C[N+](=O)[O-])o1.[KH]. The zero-order valence-electron chi connectivity index (χ0n) is 11.5. The summed E-state index contributed by atoms with van der Waals surface area (Å²) in [4.78, 5) is 11.7. The first-order valence-electron chi connectivity index (χ1n) is 6.05. The molecule has 0 atom stereocenters. The zero-order chi connectivity index (χ0) is 15.0. The van der Waals surface area contributed by atoms with Crippen LogP contribution in [0.2, 0.25) is 0 Å². The van der Waals surface area contributed by atoms with Crippen LogP contribution in [0.1, 0.15) is 11.5 Å². The molecular weight excluding hydrogens is 337 g/mol. The van der Waals surface area contributed by atoms with E-state index in [1.54, 1.807) is 11.8 Å². The fourth-order valence-corrected chi connectivity index (χ4v) is 2.42. The van der Waals surface area contributed by atoms with E-state index in [9.17, 15) is 10.1 Å².